The van der Waals surface area contributed by atoms with Crippen molar-refractivity contribution in [3.05, 3.63) is 29.7 Å². The molecule has 0 aliphatic carbocycles. The first kappa shape index (κ1) is 11.9. The van der Waals surface area contributed by atoms with Gasteiger partial charge in [0.1, 0.15) is 0 Å². The lowest BCUT2D eigenvalue weighted by Gasteiger charge is -2.10. The fourth-order valence-corrected chi connectivity index (χ4v) is 1.88. The van der Waals surface area contributed by atoms with Crippen LogP contribution in [0.1, 0.15) is 25.1 Å². The summed E-state index contributed by atoms with van der Waals surface area (Å²) in [6.45, 7) is 7.12. The molecule has 1 N–H and O–H groups in total. The molecule has 0 atom stereocenters. The molecule has 0 aromatic carbocycles. The quantitative estimate of drug-likeness (QED) is 0.868. The normalized spacial score (nSPS) is 11.4. The highest BCUT2D eigenvalue weighted by Crippen LogP contribution is 2.16. The topological polar surface area (TPSA) is 47.7 Å². The molecule has 0 amide bonds. The van der Waals surface area contributed by atoms with E-state index in [-0.39, 0.29) is 0 Å². The fraction of sp³-hybridized carbons (Fsp3) is 0.500. The van der Waals surface area contributed by atoms with Gasteiger partial charge in [-0.2, -0.15) is 10.2 Å². The second kappa shape index (κ2) is 4.71. The van der Waals surface area contributed by atoms with E-state index in [2.05, 4.69) is 29.4 Å². The Morgan fingerprint density at radius 2 is 2.18 bits per heavy atom. The van der Waals surface area contributed by atoms with E-state index in [1.54, 1.807) is 6.20 Å². The molecule has 0 bridgehead atoms. The van der Waals surface area contributed by atoms with Gasteiger partial charge < -0.3 is 5.32 Å². The second-order valence-corrected chi connectivity index (χ2v) is 4.50. The van der Waals surface area contributed by atoms with Crippen LogP contribution in [0.5, 0.6) is 0 Å². The van der Waals surface area contributed by atoms with Crippen LogP contribution < -0.4 is 5.32 Å². The van der Waals surface area contributed by atoms with E-state index in [1.807, 2.05) is 35.6 Å². The molecule has 0 saturated carbocycles. The summed E-state index contributed by atoms with van der Waals surface area (Å²) in [6, 6.07) is 2.38. The molecule has 0 unspecified atom stereocenters. The van der Waals surface area contributed by atoms with Gasteiger partial charge in [0.2, 0.25) is 0 Å². The van der Waals surface area contributed by atoms with Crippen molar-refractivity contribution < 1.29 is 0 Å². The third-order valence-corrected chi connectivity index (χ3v) is 2.72. The number of hydrogen-bond acceptors (Lipinski definition) is 3. The van der Waals surface area contributed by atoms with Crippen LogP contribution in [-0.2, 0) is 13.6 Å². The van der Waals surface area contributed by atoms with Crippen LogP contribution in [0.2, 0.25) is 0 Å². The molecular weight excluding hydrogens is 214 g/mol. The molecule has 0 saturated heterocycles. The minimum Gasteiger partial charge on any atom is -0.310 e. The Labute approximate surface area is 101 Å². The highest BCUT2D eigenvalue weighted by Gasteiger charge is 2.14. The summed E-state index contributed by atoms with van der Waals surface area (Å²) in [5.74, 6) is 1.03. The van der Waals surface area contributed by atoms with Crippen LogP contribution in [0.4, 0.5) is 0 Å². The first-order valence-electron chi connectivity index (χ1n) is 5.85. The molecule has 0 fully saturated rings. The van der Waals surface area contributed by atoms with E-state index in [0.29, 0.717) is 6.04 Å². The maximum atomic E-state index is 4.46. The number of nitrogens with one attached hydrogen (secondary N) is 1. The van der Waals surface area contributed by atoms with Gasteiger partial charge >= 0.3 is 0 Å². The first-order valence-corrected chi connectivity index (χ1v) is 5.85. The van der Waals surface area contributed by atoms with Crippen LogP contribution >= 0.6 is 0 Å². The van der Waals surface area contributed by atoms with Crippen LogP contribution in [0, 0.1) is 6.92 Å². The summed E-state index contributed by atoms with van der Waals surface area (Å²) in [5, 5.41) is 12.2. The molecular formula is C12H19N5. The highest BCUT2D eigenvalue weighted by atomic mass is 15.4. The standard InChI is InChI=1S/C12H19N5/c1-9(2)13-8-11-10(3)15-16(4)12(11)17-7-5-6-14-17/h5-7,9,13H,8H2,1-4H3. The summed E-state index contributed by atoms with van der Waals surface area (Å²) >= 11 is 0. The average Bonchev–Trinajstić information content (AvgIpc) is 2.83. The van der Waals surface area contributed by atoms with E-state index in [9.17, 15) is 0 Å². The average molecular weight is 233 g/mol. The summed E-state index contributed by atoms with van der Waals surface area (Å²) in [6.07, 6.45) is 3.72. The second-order valence-electron chi connectivity index (χ2n) is 4.50. The molecule has 17 heavy (non-hydrogen) atoms. The van der Waals surface area contributed by atoms with E-state index >= 15 is 0 Å². The van der Waals surface area contributed by atoms with Gasteiger partial charge in [0.05, 0.1) is 5.69 Å². The molecule has 2 aromatic heterocycles. The summed E-state index contributed by atoms with van der Waals surface area (Å²) in [7, 11) is 1.95. The molecule has 2 rings (SSSR count). The number of rotatable bonds is 4. The van der Waals surface area contributed by atoms with E-state index in [0.717, 1.165) is 18.1 Å². The molecule has 0 spiro atoms. The maximum Gasteiger partial charge on any atom is 0.156 e. The third kappa shape index (κ3) is 2.39. The van der Waals surface area contributed by atoms with Crippen molar-refractivity contribution in [3.63, 3.8) is 0 Å². The first-order chi connectivity index (χ1) is 8.09. The van der Waals surface area contributed by atoms with Gasteiger partial charge in [-0.15, -0.1) is 0 Å². The van der Waals surface area contributed by atoms with Crippen molar-refractivity contribution in [1.82, 2.24) is 24.9 Å². The van der Waals surface area contributed by atoms with Crippen molar-refractivity contribution >= 4 is 0 Å². The Kier molecular flexibility index (Phi) is 3.28. The van der Waals surface area contributed by atoms with Crippen molar-refractivity contribution in [2.75, 3.05) is 0 Å². The molecule has 0 aliphatic heterocycles. The lowest BCUT2D eigenvalue weighted by atomic mass is 10.2. The van der Waals surface area contributed by atoms with Crippen molar-refractivity contribution in [3.8, 4) is 5.82 Å². The lowest BCUT2D eigenvalue weighted by Crippen LogP contribution is -2.23. The predicted molar refractivity (Wildman–Crippen MR) is 67.0 cm³/mol. The Balaban J connectivity index is 2.37. The van der Waals surface area contributed by atoms with Gasteiger partial charge in [-0.1, -0.05) is 13.8 Å². The summed E-state index contributed by atoms with van der Waals surface area (Å²) in [4.78, 5) is 0. The number of nitrogens with zero attached hydrogens (tertiary/aromatic N) is 4. The fourth-order valence-electron chi connectivity index (χ4n) is 1.88. The van der Waals surface area contributed by atoms with E-state index in [4.69, 9.17) is 0 Å². The summed E-state index contributed by atoms with van der Waals surface area (Å²) in [5.41, 5.74) is 2.25. The molecule has 2 heterocycles. The predicted octanol–water partition coefficient (Wildman–Crippen LogP) is 1.41. The third-order valence-electron chi connectivity index (χ3n) is 2.72. The molecule has 2 aromatic rings. The zero-order valence-electron chi connectivity index (χ0n) is 10.8. The molecule has 0 aliphatic rings. The monoisotopic (exact) mass is 233 g/mol. The van der Waals surface area contributed by atoms with Gasteiger partial charge in [0.15, 0.2) is 5.82 Å². The van der Waals surface area contributed by atoms with Crippen molar-refractivity contribution in [2.24, 2.45) is 7.05 Å². The van der Waals surface area contributed by atoms with Gasteiger partial charge in [-0.05, 0) is 13.0 Å². The number of hydrogen-bond donors (Lipinski definition) is 1. The Hall–Kier alpha value is -1.62. The van der Waals surface area contributed by atoms with Gasteiger partial charge in [-0.3, -0.25) is 4.68 Å². The van der Waals surface area contributed by atoms with Gasteiger partial charge in [0, 0.05) is 37.6 Å². The van der Waals surface area contributed by atoms with Gasteiger partial charge in [-0.25, -0.2) is 4.68 Å². The zero-order valence-corrected chi connectivity index (χ0v) is 10.8. The van der Waals surface area contributed by atoms with Gasteiger partial charge in [0.25, 0.3) is 0 Å². The van der Waals surface area contributed by atoms with Crippen LogP contribution in [0.15, 0.2) is 18.5 Å². The molecule has 0 radical (unpaired) electrons. The molecule has 92 valence electrons. The van der Waals surface area contributed by atoms with E-state index in [1.165, 1.54) is 5.56 Å². The zero-order chi connectivity index (χ0) is 12.4. The minimum absolute atomic E-state index is 0.458. The SMILES string of the molecule is Cc1nn(C)c(-n2cccn2)c1CNC(C)C. The summed E-state index contributed by atoms with van der Waals surface area (Å²) < 4.78 is 3.73. The Bertz CT molecular complexity index is 481. The maximum absolute atomic E-state index is 4.46. The van der Waals surface area contributed by atoms with Crippen LogP contribution in [0.3, 0.4) is 0 Å². The number of aromatic nitrogens is 4. The van der Waals surface area contributed by atoms with E-state index < -0.39 is 0 Å². The molecule has 5 nitrogen and oxygen atoms in total. The Morgan fingerprint density at radius 1 is 1.41 bits per heavy atom. The highest BCUT2D eigenvalue weighted by molar-refractivity contribution is 5.37. The largest absolute Gasteiger partial charge is 0.310 e. The lowest BCUT2D eigenvalue weighted by molar-refractivity contribution is 0.584. The smallest absolute Gasteiger partial charge is 0.156 e. The van der Waals surface area contributed by atoms with Crippen molar-refractivity contribution in [1.29, 1.82) is 0 Å². The molecule has 5 heteroatoms. The Morgan fingerprint density at radius 3 is 2.76 bits per heavy atom. The minimum atomic E-state index is 0.458. The number of aryl methyl sites for hydroxylation is 2. The van der Waals surface area contributed by atoms with Crippen molar-refractivity contribution in [2.45, 2.75) is 33.4 Å². The van der Waals surface area contributed by atoms with Crippen LogP contribution in [-0.4, -0.2) is 25.6 Å². The van der Waals surface area contributed by atoms with Crippen LogP contribution in [0.25, 0.3) is 5.82 Å².